The van der Waals surface area contributed by atoms with Crippen molar-refractivity contribution in [3.63, 3.8) is 0 Å². The van der Waals surface area contributed by atoms with Gasteiger partial charge in [-0.1, -0.05) is 187 Å². The summed E-state index contributed by atoms with van der Waals surface area (Å²) in [6.07, 6.45) is 48.9. The van der Waals surface area contributed by atoms with Crippen LogP contribution in [0, 0.1) is 6.08 Å². The van der Waals surface area contributed by atoms with Crippen LogP contribution in [0.4, 0.5) is 0 Å². The molecule has 34 heavy (non-hydrogen) atoms. The molecule has 0 aliphatic rings. The van der Waals surface area contributed by atoms with Crippen LogP contribution in [-0.4, -0.2) is 0 Å². The fraction of sp³-hybridized carbons (Fsp3) is 0.941. The normalized spacial score (nSPS) is 11.7. The van der Waals surface area contributed by atoms with E-state index in [0.717, 1.165) is 0 Å². The second kappa shape index (κ2) is 32.7. The lowest BCUT2D eigenvalue weighted by Crippen LogP contribution is -1.83. The van der Waals surface area contributed by atoms with E-state index in [1.807, 2.05) is 0 Å². The minimum atomic E-state index is 1.19. The summed E-state index contributed by atoms with van der Waals surface area (Å²) in [5, 5.41) is 0. The molecule has 0 unspecified atom stereocenters. The van der Waals surface area contributed by atoms with Crippen molar-refractivity contribution in [2.75, 3.05) is 0 Å². The predicted molar refractivity (Wildman–Crippen MR) is 158 cm³/mol. The van der Waals surface area contributed by atoms with Crippen LogP contribution >= 0.6 is 0 Å². The van der Waals surface area contributed by atoms with Crippen LogP contribution in [-0.2, 0) is 0 Å². The first kappa shape index (κ1) is 33.7. The molecule has 0 aliphatic carbocycles. The lowest BCUT2D eigenvalue weighted by atomic mass is 10.0. The Hall–Kier alpha value is -0.260. The van der Waals surface area contributed by atoms with Crippen LogP contribution in [0.1, 0.15) is 206 Å². The molecule has 203 valence electrons. The molecule has 0 fully saturated rings. The van der Waals surface area contributed by atoms with Crippen LogP contribution < -0.4 is 0 Å². The zero-order valence-corrected chi connectivity index (χ0v) is 24.3. The molecule has 0 aromatic rings. The second-order valence-corrected chi connectivity index (χ2v) is 11.1. The molecule has 0 N–H and O–H groups in total. The third-order valence-corrected chi connectivity index (χ3v) is 7.52. The third kappa shape index (κ3) is 31.7. The molecular formula is C34H67. The number of unbranched alkanes of at least 4 members (excludes halogenated alkanes) is 28. The van der Waals surface area contributed by atoms with E-state index in [2.05, 4.69) is 26.0 Å². The van der Waals surface area contributed by atoms with Crippen LogP contribution in [0.3, 0.4) is 0 Å². The SMILES string of the molecule is CCCCCCCCCCCCCC/[C]=C\CCCCCCCCCCCCCCCCCC. The Bertz CT molecular complexity index is 355. The lowest BCUT2D eigenvalue weighted by Gasteiger charge is -2.03. The zero-order valence-electron chi connectivity index (χ0n) is 24.3. The van der Waals surface area contributed by atoms with Gasteiger partial charge in [-0.3, -0.25) is 0 Å². The molecule has 0 bridgehead atoms. The molecule has 0 aromatic carbocycles. The standard InChI is InChI=1S/C34H67/c1-3-5-7-9-11-13-15-17-19-21-23-25-27-29-31-33-34-32-30-28-26-24-22-20-18-16-14-12-10-8-6-4-2/h32H,3-29,31,33-34H2,1-2H3. The first-order valence-electron chi connectivity index (χ1n) is 16.5. The Morgan fingerprint density at radius 1 is 0.324 bits per heavy atom. The molecule has 0 amide bonds. The van der Waals surface area contributed by atoms with E-state index < -0.39 is 0 Å². The number of hydrogen-bond donors (Lipinski definition) is 0. The Morgan fingerprint density at radius 3 is 0.912 bits per heavy atom. The highest BCUT2D eigenvalue weighted by molar-refractivity contribution is 4.73. The average Bonchev–Trinajstić information content (AvgIpc) is 2.85. The maximum Gasteiger partial charge on any atom is -0.0279 e. The summed E-state index contributed by atoms with van der Waals surface area (Å²) in [5.74, 6) is 0. The summed E-state index contributed by atoms with van der Waals surface area (Å²) >= 11 is 0. The molecule has 0 heterocycles. The van der Waals surface area contributed by atoms with Crippen molar-refractivity contribution in [1.82, 2.24) is 0 Å². The van der Waals surface area contributed by atoms with Gasteiger partial charge in [-0.25, -0.2) is 0 Å². The third-order valence-electron chi connectivity index (χ3n) is 7.52. The monoisotopic (exact) mass is 476 g/mol. The highest BCUT2D eigenvalue weighted by Crippen LogP contribution is 2.15. The average molecular weight is 476 g/mol. The summed E-state index contributed by atoms with van der Waals surface area (Å²) in [6, 6.07) is 0. The zero-order chi connectivity index (χ0) is 24.6. The van der Waals surface area contributed by atoms with Crippen molar-refractivity contribution in [1.29, 1.82) is 0 Å². The molecule has 0 spiro atoms. The van der Waals surface area contributed by atoms with E-state index in [0.29, 0.717) is 0 Å². The minimum Gasteiger partial charge on any atom is -0.0811 e. The molecule has 0 saturated carbocycles. The quantitative estimate of drug-likeness (QED) is 0.0906. The smallest absolute Gasteiger partial charge is 0.0279 e. The van der Waals surface area contributed by atoms with Crippen LogP contribution in [0.25, 0.3) is 0 Å². The van der Waals surface area contributed by atoms with Gasteiger partial charge >= 0.3 is 0 Å². The van der Waals surface area contributed by atoms with Crippen molar-refractivity contribution in [3.8, 4) is 0 Å². The maximum atomic E-state index is 3.55. The summed E-state index contributed by atoms with van der Waals surface area (Å²) in [5.41, 5.74) is 0. The van der Waals surface area contributed by atoms with Gasteiger partial charge in [-0.15, -0.1) is 0 Å². The highest BCUT2D eigenvalue weighted by Gasteiger charge is 1.95. The van der Waals surface area contributed by atoms with Gasteiger partial charge < -0.3 is 0 Å². The molecule has 0 atom stereocenters. The first-order chi connectivity index (χ1) is 16.9. The lowest BCUT2D eigenvalue weighted by molar-refractivity contribution is 0.530. The van der Waals surface area contributed by atoms with Crippen molar-refractivity contribution < 1.29 is 0 Å². The Balaban J connectivity index is 3.06. The Labute approximate surface area is 218 Å². The molecule has 1 radical (unpaired) electrons. The van der Waals surface area contributed by atoms with Crippen molar-refractivity contribution >= 4 is 0 Å². The van der Waals surface area contributed by atoms with Gasteiger partial charge in [0.05, 0.1) is 0 Å². The second-order valence-electron chi connectivity index (χ2n) is 11.1. The number of rotatable bonds is 30. The van der Waals surface area contributed by atoms with E-state index in [1.54, 1.807) is 0 Å². The van der Waals surface area contributed by atoms with Gasteiger partial charge in [0.25, 0.3) is 0 Å². The predicted octanol–water partition coefficient (Wildman–Crippen LogP) is 13.1. The van der Waals surface area contributed by atoms with Crippen LogP contribution in [0.2, 0.25) is 0 Å². The van der Waals surface area contributed by atoms with Crippen LogP contribution in [0.15, 0.2) is 6.08 Å². The van der Waals surface area contributed by atoms with Crippen molar-refractivity contribution in [2.24, 2.45) is 0 Å². The maximum absolute atomic E-state index is 3.55. The summed E-state index contributed by atoms with van der Waals surface area (Å²) < 4.78 is 0. The van der Waals surface area contributed by atoms with Gasteiger partial charge in [-0.05, 0) is 31.8 Å². The van der Waals surface area contributed by atoms with Gasteiger partial charge in [0.1, 0.15) is 0 Å². The minimum absolute atomic E-state index is 1.19. The molecule has 0 aromatic heterocycles. The van der Waals surface area contributed by atoms with Gasteiger partial charge in [0.2, 0.25) is 0 Å². The fourth-order valence-corrected chi connectivity index (χ4v) is 5.07. The van der Waals surface area contributed by atoms with Gasteiger partial charge in [0, 0.05) is 0 Å². The van der Waals surface area contributed by atoms with E-state index in [4.69, 9.17) is 0 Å². The molecular weight excluding hydrogens is 408 g/mol. The molecule has 0 aliphatic heterocycles. The van der Waals surface area contributed by atoms with Crippen molar-refractivity contribution in [3.05, 3.63) is 12.2 Å². The number of hydrogen-bond acceptors (Lipinski definition) is 0. The van der Waals surface area contributed by atoms with E-state index >= 15 is 0 Å². The van der Waals surface area contributed by atoms with Gasteiger partial charge in [0.15, 0.2) is 0 Å². The molecule has 0 nitrogen and oxygen atoms in total. The Kier molecular flexibility index (Phi) is 32.5. The summed E-state index contributed by atoms with van der Waals surface area (Å²) in [6.45, 7) is 4.60. The fourth-order valence-electron chi connectivity index (χ4n) is 5.07. The highest BCUT2D eigenvalue weighted by atomic mass is 14.0. The van der Waals surface area contributed by atoms with Crippen molar-refractivity contribution in [2.45, 2.75) is 206 Å². The number of allylic oxidation sites excluding steroid dienone is 2. The molecule has 0 heteroatoms. The Morgan fingerprint density at radius 2 is 0.588 bits per heavy atom. The topological polar surface area (TPSA) is 0 Å². The largest absolute Gasteiger partial charge is 0.0811 e. The van der Waals surface area contributed by atoms with E-state index in [-0.39, 0.29) is 0 Å². The van der Waals surface area contributed by atoms with Crippen LogP contribution in [0.5, 0.6) is 0 Å². The summed E-state index contributed by atoms with van der Waals surface area (Å²) in [4.78, 5) is 0. The van der Waals surface area contributed by atoms with Gasteiger partial charge in [-0.2, -0.15) is 0 Å². The summed E-state index contributed by atoms with van der Waals surface area (Å²) in [7, 11) is 0. The molecule has 0 saturated heterocycles. The first-order valence-corrected chi connectivity index (χ1v) is 16.5. The molecule has 0 rings (SSSR count). The van der Waals surface area contributed by atoms with E-state index in [9.17, 15) is 0 Å². The van der Waals surface area contributed by atoms with E-state index in [1.165, 1.54) is 193 Å².